The highest BCUT2D eigenvalue weighted by Gasteiger charge is 2.09. The molecular formula is C15H10BrFO3. The Morgan fingerprint density at radius 3 is 2.55 bits per heavy atom. The lowest BCUT2D eigenvalue weighted by Gasteiger charge is -2.09. The number of hydrogen-bond acceptors (Lipinski definition) is 2. The molecule has 1 N–H and O–H groups in total. The summed E-state index contributed by atoms with van der Waals surface area (Å²) in [6.07, 6.45) is 2.23. The van der Waals surface area contributed by atoms with Crippen molar-refractivity contribution in [1.82, 2.24) is 0 Å². The van der Waals surface area contributed by atoms with E-state index >= 15 is 0 Å². The summed E-state index contributed by atoms with van der Waals surface area (Å²) < 4.78 is 20.2. The van der Waals surface area contributed by atoms with Gasteiger partial charge in [-0.2, -0.15) is 0 Å². The van der Waals surface area contributed by atoms with Gasteiger partial charge in [0.05, 0.1) is 0 Å². The first-order chi connectivity index (χ1) is 9.56. The molecule has 102 valence electrons. The Hall–Kier alpha value is -2.14. The van der Waals surface area contributed by atoms with Gasteiger partial charge in [-0.3, -0.25) is 0 Å². The van der Waals surface area contributed by atoms with Crippen LogP contribution in [0.2, 0.25) is 0 Å². The number of para-hydroxylation sites is 1. The number of hydrogen-bond donors (Lipinski definition) is 1. The number of carboxylic acids is 1. The van der Waals surface area contributed by atoms with E-state index in [1.165, 1.54) is 18.2 Å². The van der Waals surface area contributed by atoms with Crippen LogP contribution in [0.1, 0.15) is 5.56 Å². The minimum Gasteiger partial charge on any atom is -0.478 e. The predicted octanol–water partition coefficient (Wildman–Crippen LogP) is 4.48. The van der Waals surface area contributed by atoms with Gasteiger partial charge in [0.2, 0.25) is 0 Å². The van der Waals surface area contributed by atoms with Crippen LogP contribution in [0.3, 0.4) is 0 Å². The van der Waals surface area contributed by atoms with Gasteiger partial charge in [-0.15, -0.1) is 0 Å². The highest BCUT2D eigenvalue weighted by atomic mass is 79.9. The fourth-order valence-corrected chi connectivity index (χ4v) is 1.81. The van der Waals surface area contributed by atoms with Crippen molar-refractivity contribution in [1.29, 1.82) is 0 Å². The fourth-order valence-electron chi connectivity index (χ4n) is 1.55. The standard InChI is InChI=1S/C15H10BrFO3/c16-11-5-7-12(8-6-11)20-15-10(4-9-14(18)19)2-1-3-13(15)17/h1-9H,(H,18,19)/b9-4+. The van der Waals surface area contributed by atoms with Crippen LogP contribution in [-0.4, -0.2) is 11.1 Å². The van der Waals surface area contributed by atoms with E-state index in [1.807, 2.05) is 0 Å². The van der Waals surface area contributed by atoms with Crippen LogP contribution in [0.4, 0.5) is 4.39 Å². The van der Waals surface area contributed by atoms with Crippen LogP contribution in [0, 0.1) is 5.82 Å². The Labute approximate surface area is 123 Å². The molecule has 0 unspecified atom stereocenters. The zero-order chi connectivity index (χ0) is 14.5. The molecule has 0 heterocycles. The van der Waals surface area contributed by atoms with Crippen molar-refractivity contribution in [2.24, 2.45) is 0 Å². The maximum absolute atomic E-state index is 13.8. The average molecular weight is 337 g/mol. The molecular weight excluding hydrogens is 327 g/mol. The summed E-state index contributed by atoms with van der Waals surface area (Å²) in [5.41, 5.74) is 0.357. The topological polar surface area (TPSA) is 46.5 Å². The molecule has 0 aromatic heterocycles. The molecule has 0 aliphatic heterocycles. The number of carboxylic acid groups (broad SMARTS) is 1. The zero-order valence-corrected chi connectivity index (χ0v) is 11.8. The summed E-state index contributed by atoms with van der Waals surface area (Å²) in [4.78, 5) is 10.5. The van der Waals surface area contributed by atoms with E-state index in [9.17, 15) is 9.18 Å². The van der Waals surface area contributed by atoms with E-state index in [4.69, 9.17) is 9.84 Å². The van der Waals surface area contributed by atoms with Crippen LogP contribution >= 0.6 is 15.9 Å². The number of rotatable bonds is 4. The first kappa shape index (κ1) is 14.3. The third kappa shape index (κ3) is 3.68. The molecule has 2 rings (SSSR count). The van der Waals surface area contributed by atoms with Crippen LogP contribution in [-0.2, 0) is 4.79 Å². The van der Waals surface area contributed by atoms with Gasteiger partial charge in [0.25, 0.3) is 0 Å². The molecule has 0 aliphatic rings. The second kappa shape index (κ2) is 6.34. The first-order valence-corrected chi connectivity index (χ1v) is 6.48. The van der Waals surface area contributed by atoms with E-state index in [0.29, 0.717) is 11.3 Å². The molecule has 20 heavy (non-hydrogen) atoms. The Bertz CT molecular complexity index is 651. The summed E-state index contributed by atoms with van der Waals surface area (Å²) in [6.45, 7) is 0. The smallest absolute Gasteiger partial charge is 0.328 e. The van der Waals surface area contributed by atoms with E-state index in [-0.39, 0.29) is 5.75 Å². The lowest BCUT2D eigenvalue weighted by Crippen LogP contribution is -1.92. The van der Waals surface area contributed by atoms with Crippen LogP contribution in [0.25, 0.3) is 6.08 Å². The molecule has 0 bridgehead atoms. The van der Waals surface area contributed by atoms with Gasteiger partial charge < -0.3 is 9.84 Å². The van der Waals surface area contributed by atoms with Crippen molar-refractivity contribution in [2.45, 2.75) is 0 Å². The van der Waals surface area contributed by atoms with Crippen molar-refractivity contribution >= 4 is 28.0 Å². The minimum absolute atomic E-state index is 0.00711. The fraction of sp³-hybridized carbons (Fsp3) is 0. The molecule has 0 fully saturated rings. The van der Waals surface area contributed by atoms with Gasteiger partial charge in [-0.25, -0.2) is 9.18 Å². The van der Waals surface area contributed by atoms with Crippen LogP contribution < -0.4 is 4.74 Å². The molecule has 0 radical (unpaired) electrons. The Morgan fingerprint density at radius 1 is 1.20 bits per heavy atom. The van der Waals surface area contributed by atoms with Crippen molar-refractivity contribution in [2.75, 3.05) is 0 Å². The Kier molecular flexibility index (Phi) is 4.53. The second-order valence-electron chi connectivity index (χ2n) is 3.89. The van der Waals surface area contributed by atoms with Gasteiger partial charge in [0.1, 0.15) is 5.75 Å². The highest BCUT2D eigenvalue weighted by molar-refractivity contribution is 9.10. The normalized spacial score (nSPS) is 10.7. The molecule has 0 saturated carbocycles. The van der Waals surface area contributed by atoms with Crippen molar-refractivity contribution in [3.63, 3.8) is 0 Å². The predicted molar refractivity (Wildman–Crippen MR) is 77.3 cm³/mol. The molecule has 0 spiro atoms. The third-order valence-electron chi connectivity index (χ3n) is 2.44. The Morgan fingerprint density at radius 2 is 1.90 bits per heavy atom. The zero-order valence-electron chi connectivity index (χ0n) is 10.2. The molecule has 0 amide bonds. The molecule has 0 saturated heterocycles. The maximum atomic E-state index is 13.8. The first-order valence-electron chi connectivity index (χ1n) is 5.69. The summed E-state index contributed by atoms with van der Waals surface area (Å²) in [5, 5.41) is 8.63. The van der Waals surface area contributed by atoms with Gasteiger partial charge in [-0.05, 0) is 36.4 Å². The third-order valence-corrected chi connectivity index (χ3v) is 2.97. The molecule has 0 atom stereocenters. The molecule has 2 aromatic rings. The monoisotopic (exact) mass is 336 g/mol. The largest absolute Gasteiger partial charge is 0.478 e. The quantitative estimate of drug-likeness (QED) is 0.837. The lowest BCUT2D eigenvalue weighted by atomic mass is 10.1. The van der Waals surface area contributed by atoms with Gasteiger partial charge in [0.15, 0.2) is 11.6 Å². The number of benzene rings is 2. The second-order valence-corrected chi connectivity index (χ2v) is 4.80. The summed E-state index contributed by atoms with van der Waals surface area (Å²) >= 11 is 3.29. The Balaban J connectivity index is 2.34. The van der Waals surface area contributed by atoms with E-state index in [2.05, 4.69) is 15.9 Å². The minimum atomic E-state index is -1.11. The summed E-state index contributed by atoms with van der Waals surface area (Å²) in [7, 11) is 0. The SMILES string of the molecule is O=C(O)/C=C/c1cccc(F)c1Oc1ccc(Br)cc1. The molecule has 0 aliphatic carbocycles. The molecule has 5 heteroatoms. The van der Waals surface area contributed by atoms with Gasteiger partial charge in [-0.1, -0.05) is 28.1 Å². The number of aliphatic carboxylic acids is 1. The van der Waals surface area contributed by atoms with E-state index in [0.717, 1.165) is 10.5 Å². The van der Waals surface area contributed by atoms with Gasteiger partial charge >= 0.3 is 5.97 Å². The lowest BCUT2D eigenvalue weighted by molar-refractivity contribution is -0.131. The average Bonchev–Trinajstić information content (AvgIpc) is 2.41. The van der Waals surface area contributed by atoms with Crippen molar-refractivity contribution < 1.29 is 19.0 Å². The summed E-state index contributed by atoms with van der Waals surface area (Å²) in [6, 6.07) is 11.2. The molecule has 2 aromatic carbocycles. The summed E-state index contributed by atoms with van der Waals surface area (Å²) in [5.74, 6) is -1.21. The van der Waals surface area contributed by atoms with Crippen LogP contribution in [0.15, 0.2) is 53.0 Å². The number of halogens is 2. The number of ether oxygens (including phenoxy) is 1. The van der Waals surface area contributed by atoms with E-state index in [1.54, 1.807) is 30.3 Å². The highest BCUT2D eigenvalue weighted by Crippen LogP contribution is 2.30. The molecule has 3 nitrogen and oxygen atoms in total. The van der Waals surface area contributed by atoms with Gasteiger partial charge in [0, 0.05) is 16.1 Å². The van der Waals surface area contributed by atoms with Crippen molar-refractivity contribution in [3.05, 3.63) is 64.4 Å². The van der Waals surface area contributed by atoms with Crippen LogP contribution in [0.5, 0.6) is 11.5 Å². The number of carbonyl (C=O) groups is 1. The van der Waals surface area contributed by atoms with E-state index < -0.39 is 11.8 Å². The maximum Gasteiger partial charge on any atom is 0.328 e. The van der Waals surface area contributed by atoms with Crippen molar-refractivity contribution in [3.8, 4) is 11.5 Å².